The first-order valence-corrected chi connectivity index (χ1v) is 7.51. The van der Waals surface area contributed by atoms with Crippen LogP contribution in [0.5, 0.6) is 0 Å². The molecular weight excluding hydrogens is 321 g/mol. The van der Waals surface area contributed by atoms with Crippen LogP contribution in [-0.2, 0) is 9.53 Å². The second kappa shape index (κ2) is 7.87. The lowest BCUT2D eigenvalue weighted by atomic mass is 10.1. The highest BCUT2D eigenvalue weighted by atomic mass is 35.5. The van der Waals surface area contributed by atoms with E-state index >= 15 is 0 Å². The SMILES string of the molecule is CCOC(=O)/C(=C\Nc1ccc(Cl)cc1)c1ccc(Cl)cc1. The average Bonchev–Trinajstić information content (AvgIpc) is 2.51. The Labute approximate surface area is 139 Å². The van der Waals surface area contributed by atoms with E-state index in [1.165, 1.54) is 0 Å². The van der Waals surface area contributed by atoms with Gasteiger partial charge in [-0.3, -0.25) is 0 Å². The molecule has 22 heavy (non-hydrogen) atoms. The number of hydrogen-bond donors (Lipinski definition) is 1. The van der Waals surface area contributed by atoms with Gasteiger partial charge in [0.25, 0.3) is 0 Å². The van der Waals surface area contributed by atoms with Crippen molar-refractivity contribution in [3.63, 3.8) is 0 Å². The van der Waals surface area contributed by atoms with Gasteiger partial charge in [0, 0.05) is 21.9 Å². The fraction of sp³-hybridized carbons (Fsp3) is 0.118. The summed E-state index contributed by atoms with van der Waals surface area (Å²) in [7, 11) is 0. The van der Waals surface area contributed by atoms with Gasteiger partial charge in [-0.15, -0.1) is 0 Å². The zero-order chi connectivity index (χ0) is 15.9. The van der Waals surface area contributed by atoms with Gasteiger partial charge < -0.3 is 10.1 Å². The molecule has 2 rings (SSSR count). The molecule has 114 valence electrons. The third kappa shape index (κ3) is 4.52. The zero-order valence-corrected chi connectivity index (χ0v) is 13.5. The van der Waals surface area contributed by atoms with Crippen LogP contribution in [0.3, 0.4) is 0 Å². The number of benzene rings is 2. The lowest BCUT2D eigenvalue weighted by Gasteiger charge is -2.09. The van der Waals surface area contributed by atoms with E-state index in [-0.39, 0.29) is 0 Å². The van der Waals surface area contributed by atoms with E-state index in [1.807, 2.05) is 12.1 Å². The van der Waals surface area contributed by atoms with Crippen molar-refractivity contribution in [3.8, 4) is 0 Å². The molecule has 3 nitrogen and oxygen atoms in total. The number of carbonyl (C=O) groups excluding carboxylic acids is 1. The molecule has 0 aromatic heterocycles. The smallest absolute Gasteiger partial charge is 0.340 e. The van der Waals surface area contributed by atoms with E-state index in [0.717, 1.165) is 11.3 Å². The van der Waals surface area contributed by atoms with Crippen LogP contribution in [0.15, 0.2) is 54.7 Å². The maximum Gasteiger partial charge on any atom is 0.340 e. The zero-order valence-electron chi connectivity index (χ0n) is 12.0. The minimum atomic E-state index is -0.397. The number of esters is 1. The molecule has 0 bridgehead atoms. The highest BCUT2D eigenvalue weighted by molar-refractivity contribution is 6.31. The average molecular weight is 336 g/mol. The Hall–Kier alpha value is -1.97. The van der Waals surface area contributed by atoms with E-state index in [0.29, 0.717) is 22.2 Å². The van der Waals surface area contributed by atoms with Crippen molar-refractivity contribution < 1.29 is 9.53 Å². The molecule has 0 aliphatic carbocycles. The summed E-state index contributed by atoms with van der Waals surface area (Å²) in [5, 5.41) is 4.33. The molecule has 0 amide bonds. The van der Waals surface area contributed by atoms with Gasteiger partial charge in [-0.2, -0.15) is 0 Å². The normalized spacial score (nSPS) is 11.1. The standard InChI is InChI=1S/C17H15Cl2NO2/c1-2-22-17(21)16(12-3-5-13(18)6-4-12)11-20-15-9-7-14(19)8-10-15/h3-11,20H,2H2,1H3/b16-11-. The first-order chi connectivity index (χ1) is 10.6. The van der Waals surface area contributed by atoms with Crippen molar-refractivity contribution >= 4 is 40.4 Å². The third-order valence-electron chi connectivity index (χ3n) is 2.88. The third-order valence-corrected chi connectivity index (χ3v) is 3.38. The van der Waals surface area contributed by atoms with E-state index in [4.69, 9.17) is 27.9 Å². The predicted molar refractivity (Wildman–Crippen MR) is 91.1 cm³/mol. The molecule has 0 spiro atoms. The summed E-state index contributed by atoms with van der Waals surface area (Å²) in [6, 6.07) is 14.2. The Kier molecular flexibility index (Phi) is 5.87. The molecule has 0 aliphatic heterocycles. The number of ether oxygens (including phenoxy) is 1. The minimum Gasteiger partial charge on any atom is -0.462 e. The molecule has 1 N–H and O–H groups in total. The van der Waals surface area contributed by atoms with Crippen molar-refractivity contribution in [1.82, 2.24) is 0 Å². The Bertz CT molecular complexity index is 664. The van der Waals surface area contributed by atoms with Crippen molar-refractivity contribution in [1.29, 1.82) is 0 Å². The van der Waals surface area contributed by atoms with E-state index in [9.17, 15) is 4.79 Å². The fourth-order valence-electron chi connectivity index (χ4n) is 1.80. The van der Waals surface area contributed by atoms with Crippen molar-refractivity contribution in [2.45, 2.75) is 6.92 Å². The Morgan fingerprint density at radius 3 is 2.14 bits per heavy atom. The molecule has 0 fully saturated rings. The minimum absolute atomic E-state index is 0.310. The van der Waals surface area contributed by atoms with Crippen molar-refractivity contribution in [2.24, 2.45) is 0 Å². The van der Waals surface area contributed by atoms with E-state index < -0.39 is 5.97 Å². The van der Waals surface area contributed by atoms with Crippen LogP contribution in [-0.4, -0.2) is 12.6 Å². The summed E-state index contributed by atoms with van der Waals surface area (Å²) in [6.45, 7) is 2.08. The summed E-state index contributed by atoms with van der Waals surface area (Å²) in [4.78, 5) is 12.1. The van der Waals surface area contributed by atoms with Gasteiger partial charge in [0.15, 0.2) is 0 Å². The van der Waals surface area contributed by atoms with Crippen LogP contribution in [0.4, 0.5) is 5.69 Å². The first-order valence-electron chi connectivity index (χ1n) is 6.75. The molecule has 0 radical (unpaired) electrons. The van der Waals surface area contributed by atoms with Gasteiger partial charge in [-0.05, 0) is 48.9 Å². The molecule has 0 heterocycles. The summed E-state index contributed by atoms with van der Waals surface area (Å²) < 4.78 is 5.09. The molecular formula is C17H15Cl2NO2. The summed E-state index contributed by atoms with van der Waals surface area (Å²) in [6.07, 6.45) is 1.62. The van der Waals surface area contributed by atoms with Crippen LogP contribution in [0, 0.1) is 0 Å². The van der Waals surface area contributed by atoms with Gasteiger partial charge in [-0.1, -0.05) is 35.3 Å². The van der Waals surface area contributed by atoms with Gasteiger partial charge in [0.2, 0.25) is 0 Å². The fourth-order valence-corrected chi connectivity index (χ4v) is 2.05. The topological polar surface area (TPSA) is 38.3 Å². The van der Waals surface area contributed by atoms with Crippen LogP contribution >= 0.6 is 23.2 Å². The maximum absolute atomic E-state index is 12.1. The van der Waals surface area contributed by atoms with Crippen LogP contribution in [0.1, 0.15) is 12.5 Å². The summed E-state index contributed by atoms with van der Waals surface area (Å²) >= 11 is 11.7. The molecule has 0 saturated heterocycles. The molecule has 0 saturated carbocycles. The van der Waals surface area contributed by atoms with E-state index in [2.05, 4.69) is 5.32 Å². The molecule has 0 unspecified atom stereocenters. The maximum atomic E-state index is 12.1. The highest BCUT2D eigenvalue weighted by Crippen LogP contribution is 2.20. The predicted octanol–water partition coefficient (Wildman–Crippen LogP) is 5.01. The second-order valence-corrected chi connectivity index (χ2v) is 5.31. The molecule has 5 heteroatoms. The van der Waals surface area contributed by atoms with Gasteiger partial charge in [0.05, 0.1) is 12.2 Å². The van der Waals surface area contributed by atoms with Crippen LogP contribution < -0.4 is 5.32 Å². The number of nitrogens with one attached hydrogen (secondary N) is 1. The van der Waals surface area contributed by atoms with Gasteiger partial charge >= 0.3 is 5.97 Å². The first kappa shape index (κ1) is 16.4. The number of hydrogen-bond acceptors (Lipinski definition) is 3. The van der Waals surface area contributed by atoms with Crippen LogP contribution in [0.2, 0.25) is 10.0 Å². The Morgan fingerprint density at radius 2 is 1.59 bits per heavy atom. The molecule has 0 aliphatic rings. The van der Waals surface area contributed by atoms with Crippen molar-refractivity contribution in [2.75, 3.05) is 11.9 Å². The monoisotopic (exact) mass is 335 g/mol. The Morgan fingerprint density at radius 1 is 1.05 bits per heavy atom. The number of carbonyl (C=O) groups is 1. The number of halogens is 2. The van der Waals surface area contributed by atoms with Gasteiger partial charge in [0.1, 0.15) is 0 Å². The summed E-state index contributed by atoms with van der Waals surface area (Å²) in [5.41, 5.74) is 1.97. The number of anilines is 1. The molecule has 2 aromatic carbocycles. The number of rotatable bonds is 5. The molecule has 2 aromatic rings. The Balaban J connectivity index is 2.27. The van der Waals surface area contributed by atoms with Crippen LogP contribution in [0.25, 0.3) is 5.57 Å². The van der Waals surface area contributed by atoms with E-state index in [1.54, 1.807) is 49.5 Å². The summed E-state index contributed by atoms with van der Waals surface area (Å²) in [5.74, 6) is -0.397. The second-order valence-electron chi connectivity index (χ2n) is 4.44. The van der Waals surface area contributed by atoms with Crippen molar-refractivity contribution in [3.05, 3.63) is 70.3 Å². The highest BCUT2D eigenvalue weighted by Gasteiger charge is 2.13. The van der Waals surface area contributed by atoms with Gasteiger partial charge in [-0.25, -0.2) is 4.79 Å². The molecule has 0 atom stereocenters. The lowest BCUT2D eigenvalue weighted by Crippen LogP contribution is -2.08. The lowest BCUT2D eigenvalue weighted by molar-refractivity contribution is -0.136. The quantitative estimate of drug-likeness (QED) is 0.616. The largest absolute Gasteiger partial charge is 0.462 e.